The molecule has 1 aliphatic heterocycles. The van der Waals surface area contributed by atoms with Gasteiger partial charge in [-0.3, -0.25) is 4.79 Å². The van der Waals surface area contributed by atoms with Crippen molar-refractivity contribution in [3.8, 4) is 5.75 Å². The minimum absolute atomic E-state index is 0.105. The lowest BCUT2D eigenvalue weighted by atomic mass is 9.79. The number of rotatable bonds is 7. The number of anilines is 1. The summed E-state index contributed by atoms with van der Waals surface area (Å²) < 4.78 is 5.38. The van der Waals surface area contributed by atoms with Gasteiger partial charge in [0.05, 0.1) is 24.3 Å². The van der Waals surface area contributed by atoms with E-state index in [4.69, 9.17) is 16.3 Å². The molecule has 2 aromatic rings. The smallest absolute Gasteiger partial charge is 0.232 e. The first-order chi connectivity index (χ1) is 14.4. The molecular formula is C24H31ClN2O3. The number of carbonyl (C=O) groups is 1. The van der Waals surface area contributed by atoms with Crippen LogP contribution in [0.2, 0.25) is 5.02 Å². The van der Waals surface area contributed by atoms with E-state index in [9.17, 15) is 9.90 Å². The molecule has 6 heteroatoms. The summed E-state index contributed by atoms with van der Waals surface area (Å²) in [6.45, 7) is 4.24. The summed E-state index contributed by atoms with van der Waals surface area (Å²) in [5.41, 5.74) is 0.841. The number of nitrogens with zero attached hydrogens (tertiary/aromatic N) is 2. The summed E-state index contributed by atoms with van der Waals surface area (Å²) in [4.78, 5) is 17.0. The van der Waals surface area contributed by atoms with Gasteiger partial charge in [-0.25, -0.2) is 0 Å². The largest absolute Gasteiger partial charge is 0.495 e. The molecule has 5 nitrogen and oxygen atoms in total. The van der Waals surface area contributed by atoms with E-state index < -0.39 is 11.5 Å². The minimum atomic E-state index is -1.01. The highest BCUT2D eigenvalue weighted by Crippen LogP contribution is 2.34. The number of methoxy groups -OCH3 is 1. The van der Waals surface area contributed by atoms with Crippen LogP contribution in [0.4, 0.5) is 5.69 Å². The highest BCUT2D eigenvalue weighted by atomic mass is 35.5. The maximum Gasteiger partial charge on any atom is 0.232 e. The number of aliphatic hydroxyl groups is 1. The number of hydrogen-bond acceptors (Lipinski definition) is 4. The van der Waals surface area contributed by atoms with Crippen molar-refractivity contribution in [2.75, 3.05) is 38.7 Å². The molecule has 1 atom stereocenters. The van der Waals surface area contributed by atoms with Crippen molar-refractivity contribution < 1.29 is 14.6 Å². The summed E-state index contributed by atoms with van der Waals surface area (Å²) in [6, 6.07) is 15.3. The average Bonchev–Trinajstić information content (AvgIpc) is 2.78. The second kappa shape index (κ2) is 9.82. The van der Waals surface area contributed by atoms with Gasteiger partial charge in [-0.05, 0) is 43.0 Å². The first-order valence-corrected chi connectivity index (χ1v) is 10.8. The number of hydrogen-bond donors (Lipinski definition) is 1. The van der Waals surface area contributed by atoms with Crippen LogP contribution in [0.15, 0.2) is 48.5 Å². The van der Waals surface area contributed by atoms with Crippen LogP contribution in [0.5, 0.6) is 5.75 Å². The molecule has 1 amide bonds. The van der Waals surface area contributed by atoms with Crippen molar-refractivity contribution in [3.63, 3.8) is 0 Å². The number of para-hydroxylation sites is 2. The van der Waals surface area contributed by atoms with E-state index >= 15 is 0 Å². The van der Waals surface area contributed by atoms with Crippen molar-refractivity contribution in [3.05, 3.63) is 59.1 Å². The number of halogens is 1. The molecule has 2 aromatic carbocycles. The number of carbonyl (C=O) groups excluding carboxylic acids is 1. The zero-order chi connectivity index (χ0) is 21.7. The molecule has 0 aliphatic carbocycles. The standard InChI is InChI=1S/C24H31ClN2O3/c1-18(23(28)26(2)21-10-6-7-11-22(21)30-3)24(29)13-16-27(17-14-24)15-12-19-8-4-5-9-20(19)25/h4-11,18,29H,12-17H2,1-3H3. The third kappa shape index (κ3) is 4.97. The van der Waals surface area contributed by atoms with E-state index in [-0.39, 0.29) is 5.91 Å². The van der Waals surface area contributed by atoms with Crippen LogP contribution >= 0.6 is 11.6 Å². The van der Waals surface area contributed by atoms with Gasteiger partial charge >= 0.3 is 0 Å². The normalized spacial score (nSPS) is 17.4. The topological polar surface area (TPSA) is 53.0 Å². The summed E-state index contributed by atoms with van der Waals surface area (Å²) in [5.74, 6) is 0.0339. The van der Waals surface area contributed by atoms with Crippen molar-refractivity contribution in [2.24, 2.45) is 5.92 Å². The molecule has 0 radical (unpaired) electrons. The average molecular weight is 431 g/mol. The molecule has 1 fully saturated rings. The molecule has 162 valence electrons. The number of ether oxygens (including phenoxy) is 1. The Morgan fingerprint density at radius 3 is 2.50 bits per heavy atom. The summed E-state index contributed by atoms with van der Waals surface area (Å²) in [7, 11) is 3.32. The predicted octanol–water partition coefficient (Wildman–Crippen LogP) is 4.02. The Labute approximate surface area is 184 Å². The highest BCUT2D eigenvalue weighted by molar-refractivity contribution is 6.31. The lowest BCUT2D eigenvalue weighted by Crippen LogP contribution is -2.53. The van der Waals surface area contributed by atoms with Crippen LogP contribution in [0.25, 0.3) is 0 Å². The fourth-order valence-corrected chi connectivity index (χ4v) is 4.35. The Morgan fingerprint density at radius 2 is 1.83 bits per heavy atom. The van der Waals surface area contributed by atoms with Crippen molar-refractivity contribution in [1.82, 2.24) is 4.90 Å². The van der Waals surface area contributed by atoms with Crippen molar-refractivity contribution in [1.29, 1.82) is 0 Å². The van der Waals surface area contributed by atoms with E-state index in [1.165, 1.54) is 0 Å². The number of benzene rings is 2. The lowest BCUT2D eigenvalue weighted by molar-refractivity contribution is -0.134. The van der Waals surface area contributed by atoms with Gasteiger partial charge in [0.2, 0.25) is 5.91 Å². The molecule has 3 rings (SSSR count). The molecule has 1 aliphatic rings. The van der Waals surface area contributed by atoms with Gasteiger partial charge in [-0.2, -0.15) is 0 Å². The van der Waals surface area contributed by atoms with Gasteiger partial charge < -0.3 is 19.6 Å². The zero-order valence-corrected chi connectivity index (χ0v) is 18.7. The number of piperidine rings is 1. The monoisotopic (exact) mass is 430 g/mol. The summed E-state index contributed by atoms with van der Waals surface area (Å²) in [5, 5.41) is 12.0. The molecule has 30 heavy (non-hydrogen) atoms. The maximum absolute atomic E-state index is 13.1. The van der Waals surface area contributed by atoms with Gasteiger partial charge in [0.1, 0.15) is 5.75 Å². The predicted molar refractivity (Wildman–Crippen MR) is 121 cm³/mol. The molecule has 1 heterocycles. The Balaban J connectivity index is 1.58. The van der Waals surface area contributed by atoms with Crippen LogP contribution in [0.1, 0.15) is 25.3 Å². The zero-order valence-electron chi connectivity index (χ0n) is 18.0. The molecule has 0 saturated carbocycles. The van der Waals surface area contributed by atoms with Crippen LogP contribution < -0.4 is 9.64 Å². The third-order valence-electron chi connectivity index (χ3n) is 6.33. The first-order valence-electron chi connectivity index (χ1n) is 10.4. The first kappa shape index (κ1) is 22.6. The molecule has 0 bridgehead atoms. The summed E-state index contributed by atoms with van der Waals surface area (Å²) >= 11 is 6.26. The van der Waals surface area contributed by atoms with Gasteiger partial charge in [-0.15, -0.1) is 0 Å². The Kier molecular flexibility index (Phi) is 7.40. The van der Waals surface area contributed by atoms with Crippen molar-refractivity contribution >= 4 is 23.2 Å². The maximum atomic E-state index is 13.1. The fourth-order valence-electron chi connectivity index (χ4n) is 4.12. The minimum Gasteiger partial charge on any atom is -0.495 e. The van der Waals surface area contributed by atoms with Crippen LogP contribution in [-0.4, -0.2) is 55.3 Å². The third-order valence-corrected chi connectivity index (χ3v) is 6.70. The quantitative estimate of drug-likeness (QED) is 0.720. The number of likely N-dealkylation sites (tertiary alicyclic amines) is 1. The number of amides is 1. The molecule has 1 saturated heterocycles. The van der Waals surface area contributed by atoms with E-state index in [0.29, 0.717) is 24.3 Å². The SMILES string of the molecule is COc1ccccc1N(C)C(=O)C(C)C1(O)CCN(CCc2ccccc2Cl)CC1. The van der Waals surface area contributed by atoms with E-state index in [1.54, 1.807) is 19.1 Å². The second-order valence-corrected chi connectivity index (χ2v) is 8.48. The lowest BCUT2D eigenvalue weighted by Gasteiger charge is -2.42. The Bertz CT molecular complexity index is 865. The summed E-state index contributed by atoms with van der Waals surface area (Å²) in [6.07, 6.45) is 2.02. The van der Waals surface area contributed by atoms with E-state index in [1.807, 2.05) is 49.4 Å². The Morgan fingerprint density at radius 1 is 1.20 bits per heavy atom. The highest BCUT2D eigenvalue weighted by Gasteiger charge is 2.42. The molecule has 1 unspecified atom stereocenters. The van der Waals surface area contributed by atoms with Crippen LogP contribution in [0.3, 0.4) is 0 Å². The Hall–Kier alpha value is -2.08. The molecule has 1 N–H and O–H groups in total. The molecule has 0 spiro atoms. The van der Waals surface area contributed by atoms with Gasteiger partial charge in [0.25, 0.3) is 0 Å². The van der Waals surface area contributed by atoms with Gasteiger partial charge in [-0.1, -0.05) is 48.9 Å². The molecule has 0 aromatic heterocycles. The van der Waals surface area contributed by atoms with Gasteiger partial charge in [0.15, 0.2) is 0 Å². The van der Waals surface area contributed by atoms with Gasteiger partial charge in [0, 0.05) is 31.7 Å². The second-order valence-electron chi connectivity index (χ2n) is 8.08. The van der Waals surface area contributed by atoms with E-state index in [0.717, 1.165) is 36.6 Å². The fraction of sp³-hybridized carbons (Fsp3) is 0.458. The van der Waals surface area contributed by atoms with E-state index in [2.05, 4.69) is 11.0 Å². The van der Waals surface area contributed by atoms with Crippen molar-refractivity contribution in [2.45, 2.75) is 31.8 Å². The van der Waals surface area contributed by atoms with Crippen LogP contribution in [0, 0.1) is 5.92 Å². The van der Waals surface area contributed by atoms with Crippen LogP contribution in [-0.2, 0) is 11.2 Å². The molecular weight excluding hydrogens is 400 g/mol.